The Morgan fingerprint density at radius 1 is 0.462 bits per heavy atom. The Hall–Kier alpha value is -6.22. The summed E-state index contributed by atoms with van der Waals surface area (Å²) in [6.45, 7) is 24.8. The Bertz CT molecular complexity index is 4220. The maximum atomic E-state index is 10.7. The third kappa shape index (κ3) is 17.8. The number of allylic oxidation sites excluding steroid dienone is 1. The molecule has 1 radical (unpaired) electrons. The molecule has 0 saturated carbocycles. The number of hydrogen-bond acceptors (Lipinski definition) is 8. The van der Waals surface area contributed by atoms with Gasteiger partial charge in [0.1, 0.15) is 0 Å². The van der Waals surface area contributed by atoms with Gasteiger partial charge in [-0.3, -0.25) is 13.7 Å². The first kappa shape index (κ1) is 77.5. The molecule has 0 amide bonds. The van der Waals surface area contributed by atoms with Gasteiger partial charge in [0.25, 0.3) is 0 Å². The number of anilines is 6. The maximum Gasteiger partial charge on any atom is 0.522 e. The van der Waals surface area contributed by atoms with Crippen molar-refractivity contribution in [3.63, 3.8) is 0 Å². The van der Waals surface area contributed by atoms with Crippen molar-refractivity contribution in [2.45, 2.75) is 84.3 Å². The van der Waals surface area contributed by atoms with Crippen LogP contribution in [0.5, 0.6) is 0 Å². The minimum Gasteiger partial charge on any atom is -0.312 e. The zero-order valence-electron chi connectivity index (χ0n) is 51.5. The maximum absolute atomic E-state index is 10.7. The molecular weight excluding hydrogens is 1360 g/mol. The van der Waals surface area contributed by atoms with Gasteiger partial charge in [-0.15, -0.1) is 23.2 Å². The van der Waals surface area contributed by atoms with E-state index in [0.717, 1.165) is 5.57 Å². The van der Waals surface area contributed by atoms with Gasteiger partial charge < -0.3 is 9.80 Å². The normalized spacial score (nSPS) is 13.4. The molecule has 93 heavy (non-hydrogen) atoms. The van der Waals surface area contributed by atoms with Gasteiger partial charge in [-0.2, -0.15) is 64.8 Å². The zero-order valence-corrected chi connectivity index (χ0v) is 57.3. The SMILES string of the molecule is C=C(C)c1ccccc1B1c2cc(C)ccc2N(c2ccc(C)cc2)c2ccc(C)cc21.Cc1ccc(N2c3ccc(C)cc3B3c4ccccc4C(C)(C)c4c(C)ccc2c43)cc1.ClCCCl.O=S(=O)(O)C(F)(F)F.O=S(=O)(O)C(F)(F)F.O=S(=O)(O)C(F)(F)F.[Sc]. The molecule has 8 aromatic rings. The Morgan fingerprint density at radius 3 is 1.13 bits per heavy atom. The van der Waals surface area contributed by atoms with Crippen molar-refractivity contribution >= 4 is 139 Å². The van der Waals surface area contributed by atoms with E-state index in [1.165, 1.54) is 117 Å². The fourth-order valence-electron chi connectivity index (χ4n) is 11.1. The zero-order chi connectivity index (χ0) is 69.0. The van der Waals surface area contributed by atoms with Gasteiger partial charge in [-0.25, -0.2) is 0 Å². The van der Waals surface area contributed by atoms with Crippen molar-refractivity contribution in [3.05, 3.63) is 220 Å². The number of fused-ring (bicyclic) bond motifs is 6. The molecule has 28 heteroatoms. The van der Waals surface area contributed by atoms with E-state index in [1.807, 2.05) is 0 Å². The minimum atomic E-state index is -5.84. The molecule has 0 aliphatic carbocycles. The summed E-state index contributed by atoms with van der Waals surface area (Å²) in [7, 11) is -17.5. The van der Waals surface area contributed by atoms with E-state index in [9.17, 15) is 39.5 Å². The van der Waals surface area contributed by atoms with Crippen LogP contribution in [0, 0.1) is 41.5 Å². The summed E-state index contributed by atoms with van der Waals surface area (Å²) in [5.41, 5.74) is 12.3. The third-order valence-corrected chi connectivity index (χ3v) is 17.3. The first-order chi connectivity index (χ1) is 42.5. The van der Waals surface area contributed by atoms with Crippen LogP contribution in [0.3, 0.4) is 0 Å². The van der Waals surface area contributed by atoms with Gasteiger partial charge in [0, 0.05) is 77.1 Å². The summed E-state index contributed by atoms with van der Waals surface area (Å²) >= 11 is 10.1. The van der Waals surface area contributed by atoms with E-state index in [4.69, 9.17) is 62.1 Å². The van der Waals surface area contributed by atoms with E-state index in [-0.39, 0.29) is 44.7 Å². The smallest absolute Gasteiger partial charge is 0.312 e. The summed E-state index contributed by atoms with van der Waals surface area (Å²) in [4.78, 5) is 4.90. The fourth-order valence-corrected chi connectivity index (χ4v) is 11.1. The van der Waals surface area contributed by atoms with Crippen LogP contribution in [0.4, 0.5) is 73.6 Å². The van der Waals surface area contributed by atoms with Crippen molar-refractivity contribution in [1.82, 2.24) is 0 Å². The molecular formula is C65H63B2Cl2F9N2O9S3Sc. The second-order valence-corrected chi connectivity index (χ2v) is 27.3. The number of nitrogens with zero attached hydrogens (tertiary/aromatic N) is 2. The molecule has 0 saturated heterocycles. The molecule has 0 bridgehead atoms. The minimum absolute atomic E-state index is 0. The van der Waals surface area contributed by atoms with Gasteiger partial charge in [0.05, 0.1) is 0 Å². The molecule has 0 unspecified atom stereocenters. The fraction of sp³-hybridized carbons (Fsp3) is 0.231. The van der Waals surface area contributed by atoms with E-state index in [0.29, 0.717) is 11.8 Å². The van der Waals surface area contributed by atoms with Gasteiger partial charge in [0.15, 0.2) is 0 Å². The second kappa shape index (κ2) is 30.2. The summed E-state index contributed by atoms with van der Waals surface area (Å²) in [6, 6.07) is 61.0. The van der Waals surface area contributed by atoms with Crippen LogP contribution in [-0.4, -0.2) is 80.6 Å². The van der Waals surface area contributed by atoms with Crippen LogP contribution in [-0.2, 0) is 61.6 Å². The molecule has 3 N–H and O–H groups in total. The molecule has 0 atom stereocenters. The third-order valence-electron chi connectivity index (χ3n) is 15.0. The van der Waals surface area contributed by atoms with Crippen molar-refractivity contribution in [3.8, 4) is 0 Å². The molecule has 0 spiro atoms. The molecule has 11 rings (SSSR count). The Morgan fingerprint density at radius 2 is 0.774 bits per heavy atom. The second-order valence-electron chi connectivity index (χ2n) is 22.3. The predicted molar refractivity (Wildman–Crippen MR) is 354 cm³/mol. The average Bonchev–Trinajstić information content (AvgIpc) is 0.700. The summed E-state index contributed by atoms with van der Waals surface area (Å²) in [5.74, 6) is 1.11. The Labute approximate surface area is 565 Å². The van der Waals surface area contributed by atoms with E-state index >= 15 is 0 Å². The van der Waals surface area contributed by atoms with Gasteiger partial charge in [-0.1, -0.05) is 180 Å². The first-order valence-electron chi connectivity index (χ1n) is 27.7. The van der Waals surface area contributed by atoms with Crippen LogP contribution in [0.25, 0.3) is 5.57 Å². The number of hydrogen-bond donors (Lipinski definition) is 3. The van der Waals surface area contributed by atoms with Gasteiger partial charge >= 0.3 is 46.9 Å². The topological polar surface area (TPSA) is 170 Å². The van der Waals surface area contributed by atoms with Gasteiger partial charge in [0.2, 0.25) is 13.4 Å². The van der Waals surface area contributed by atoms with Crippen LogP contribution in [0.1, 0.15) is 70.8 Å². The quantitative estimate of drug-likeness (QED) is 0.0493. The van der Waals surface area contributed by atoms with Crippen LogP contribution >= 0.6 is 23.2 Å². The molecule has 491 valence electrons. The molecule has 0 fully saturated rings. The molecule has 3 heterocycles. The molecule has 3 aliphatic rings. The van der Waals surface area contributed by atoms with E-state index in [2.05, 4.69) is 242 Å². The van der Waals surface area contributed by atoms with Crippen LogP contribution in [0.15, 0.2) is 170 Å². The summed E-state index contributed by atoms with van der Waals surface area (Å²) in [5, 5.41) is 0. The van der Waals surface area contributed by atoms with Crippen LogP contribution in [0.2, 0.25) is 0 Å². The number of rotatable bonds is 5. The Kier molecular flexibility index (Phi) is 25.2. The van der Waals surface area contributed by atoms with Crippen LogP contribution < -0.4 is 42.6 Å². The molecule has 3 aliphatic heterocycles. The van der Waals surface area contributed by atoms with Gasteiger partial charge in [-0.05, 0) is 141 Å². The van der Waals surface area contributed by atoms with E-state index in [1.54, 1.807) is 0 Å². The van der Waals surface area contributed by atoms with E-state index < -0.39 is 46.9 Å². The average molecular weight is 1420 g/mol. The van der Waals surface area contributed by atoms with Crippen molar-refractivity contribution in [1.29, 1.82) is 0 Å². The number of halogens is 11. The molecule has 11 nitrogen and oxygen atoms in total. The Balaban J connectivity index is 0.000000239. The number of aryl methyl sites for hydroxylation is 6. The first-order valence-corrected chi connectivity index (χ1v) is 33.1. The van der Waals surface area contributed by atoms with Crippen molar-refractivity contribution < 1.29 is 104 Å². The van der Waals surface area contributed by atoms with Crippen molar-refractivity contribution in [2.75, 3.05) is 21.6 Å². The largest absolute Gasteiger partial charge is 0.522 e. The number of benzene rings is 8. The summed E-state index contributed by atoms with van der Waals surface area (Å²) < 4.78 is 173. The standard InChI is InChI=1S/2C30H28BN.C2H4Cl2.3CHF3O3S.Sc/c1-19-10-14-22(15-11-19)32-26-16-12-20(2)18-25(26)31-24-9-7-6-8-23(24)30(4,5)28-21(3)13-17-27(32)29(28)31;1-20(2)25-8-6-7-9-26(25)31-27-18-22(4)12-16-29(27)32(24-14-10-21(3)11-15-24)30-17-13-23(5)19-28(30)31;3-1-2-4;3*2-1(3,4)8(5,6)7;/h6-18H,1-5H3;6-19H,1H2,2-5H3;1-2H2;3*(H,5,6,7);. The molecule has 8 aromatic carbocycles. The predicted octanol–water partition coefficient (Wildman–Crippen LogP) is 14.1. The molecule has 0 aromatic heterocycles. The summed E-state index contributed by atoms with van der Waals surface area (Å²) in [6.07, 6.45) is 0. The number of alkyl halides is 11. The monoisotopic (exact) mass is 1420 g/mol. The van der Waals surface area contributed by atoms with Crippen molar-refractivity contribution in [2.24, 2.45) is 0 Å².